The second kappa shape index (κ2) is 8.17. The van der Waals surface area contributed by atoms with E-state index in [2.05, 4.69) is 31.2 Å². The van der Waals surface area contributed by atoms with Crippen LogP contribution in [0.1, 0.15) is 28.8 Å². The zero-order valence-corrected chi connectivity index (χ0v) is 16.5. The number of likely N-dealkylation sites (tertiary alicyclic amines) is 1. The molecule has 2 saturated heterocycles. The number of rotatable bonds is 3. The van der Waals surface area contributed by atoms with Gasteiger partial charge >= 0.3 is 0 Å². The van der Waals surface area contributed by atoms with Crippen LogP contribution < -0.4 is 0 Å². The standard InChI is InChI=1S/C23H24N2O4/c1-16-2-4-17(5-3-16)18-6-8-19(9-7-18)23(28)24-12-10-20(11-13-24)25-21(26)14-29-15-22(25)27/h2-9,20H,10-15H2,1H3. The summed E-state index contributed by atoms with van der Waals surface area (Å²) in [6.07, 6.45) is 1.20. The Balaban J connectivity index is 1.39. The van der Waals surface area contributed by atoms with Gasteiger partial charge in [-0.05, 0) is 43.0 Å². The van der Waals surface area contributed by atoms with Crippen molar-refractivity contribution in [2.45, 2.75) is 25.8 Å². The van der Waals surface area contributed by atoms with Crippen molar-refractivity contribution in [1.82, 2.24) is 9.80 Å². The van der Waals surface area contributed by atoms with Crippen molar-refractivity contribution in [1.29, 1.82) is 0 Å². The summed E-state index contributed by atoms with van der Waals surface area (Å²) in [6.45, 7) is 3.03. The number of hydrogen-bond acceptors (Lipinski definition) is 4. The van der Waals surface area contributed by atoms with E-state index in [1.165, 1.54) is 10.5 Å². The van der Waals surface area contributed by atoms with Crippen molar-refractivity contribution < 1.29 is 19.1 Å². The van der Waals surface area contributed by atoms with Gasteiger partial charge in [-0.25, -0.2) is 0 Å². The van der Waals surface area contributed by atoms with E-state index in [1.54, 1.807) is 4.90 Å². The highest BCUT2D eigenvalue weighted by molar-refractivity contribution is 5.99. The monoisotopic (exact) mass is 392 g/mol. The highest BCUT2D eigenvalue weighted by Gasteiger charge is 2.35. The molecule has 2 aliphatic heterocycles. The number of piperidine rings is 1. The van der Waals surface area contributed by atoms with Crippen LogP contribution in [-0.2, 0) is 14.3 Å². The predicted molar refractivity (Wildman–Crippen MR) is 108 cm³/mol. The Labute approximate surface area is 170 Å². The van der Waals surface area contributed by atoms with Crippen LogP contribution in [0.15, 0.2) is 48.5 Å². The minimum atomic E-state index is -0.280. The third-order valence-corrected chi connectivity index (χ3v) is 5.62. The van der Waals surface area contributed by atoms with Gasteiger partial charge in [-0.15, -0.1) is 0 Å². The van der Waals surface area contributed by atoms with Gasteiger partial charge in [0, 0.05) is 24.7 Å². The molecular weight excluding hydrogens is 368 g/mol. The Hall–Kier alpha value is -2.99. The van der Waals surface area contributed by atoms with Gasteiger partial charge in [-0.2, -0.15) is 0 Å². The van der Waals surface area contributed by atoms with E-state index in [4.69, 9.17) is 4.74 Å². The molecule has 0 aliphatic carbocycles. The molecule has 4 rings (SSSR count). The molecule has 0 atom stereocenters. The first kappa shape index (κ1) is 19.3. The summed E-state index contributed by atoms with van der Waals surface area (Å²) in [4.78, 5) is 40.0. The van der Waals surface area contributed by atoms with Crippen LogP contribution in [0.5, 0.6) is 0 Å². The van der Waals surface area contributed by atoms with E-state index in [9.17, 15) is 14.4 Å². The number of hydrogen-bond donors (Lipinski definition) is 0. The summed E-state index contributed by atoms with van der Waals surface area (Å²) in [7, 11) is 0. The normalized spacial score (nSPS) is 18.2. The first-order valence-electron chi connectivity index (χ1n) is 9.92. The molecule has 150 valence electrons. The van der Waals surface area contributed by atoms with Crippen molar-refractivity contribution >= 4 is 17.7 Å². The molecule has 2 aliphatic rings. The van der Waals surface area contributed by atoms with E-state index in [1.807, 2.05) is 24.3 Å². The number of benzene rings is 2. The lowest BCUT2D eigenvalue weighted by Gasteiger charge is -2.38. The summed E-state index contributed by atoms with van der Waals surface area (Å²) in [5, 5.41) is 0. The molecule has 0 unspecified atom stereocenters. The fourth-order valence-electron chi connectivity index (χ4n) is 3.97. The maximum Gasteiger partial charge on any atom is 0.255 e. The molecule has 2 heterocycles. The quantitative estimate of drug-likeness (QED) is 0.754. The maximum atomic E-state index is 12.9. The fourth-order valence-corrected chi connectivity index (χ4v) is 3.97. The van der Waals surface area contributed by atoms with Gasteiger partial charge in [0.15, 0.2) is 0 Å². The molecule has 6 nitrogen and oxygen atoms in total. The summed E-state index contributed by atoms with van der Waals surface area (Å²) in [6, 6.07) is 15.8. The van der Waals surface area contributed by atoms with Crippen molar-refractivity contribution in [3.8, 4) is 11.1 Å². The lowest BCUT2D eigenvalue weighted by molar-refractivity contribution is -0.162. The summed E-state index contributed by atoms with van der Waals surface area (Å²) < 4.78 is 4.97. The summed E-state index contributed by atoms with van der Waals surface area (Å²) in [5.41, 5.74) is 4.06. The van der Waals surface area contributed by atoms with Crippen LogP contribution in [0.2, 0.25) is 0 Å². The van der Waals surface area contributed by atoms with Crippen molar-refractivity contribution in [2.24, 2.45) is 0 Å². The number of ether oxygens (including phenoxy) is 1. The molecule has 0 radical (unpaired) electrons. The van der Waals surface area contributed by atoms with Gasteiger partial charge in [-0.1, -0.05) is 42.0 Å². The van der Waals surface area contributed by atoms with E-state index in [0.29, 0.717) is 31.5 Å². The molecule has 6 heteroatoms. The van der Waals surface area contributed by atoms with Gasteiger partial charge < -0.3 is 9.64 Å². The zero-order chi connectivity index (χ0) is 20.4. The highest BCUT2D eigenvalue weighted by atomic mass is 16.5. The van der Waals surface area contributed by atoms with Gasteiger partial charge in [0.1, 0.15) is 13.2 Å². The largest absolute Gasteiger partial charge is 0.362 e. The zero-order valence-electron chi connectivity index (χ0n) is 16.5. The Bertz CT molecular complexity index is 897. The third kappa shape index (κ3) is 4.07. The van der Waals surface area contributed by atoms with Crippen molar-refractivity contribution in [3.63, 3.8) is 0 Å². The molecule has 0 saturated carbocycles. The number of amides is 3. The van der Waals surface area contributed by atoms with Crippen LogP contribution in [-0.4, -0.2) is 59.9 Å². The van der Waals surface area contributed by atoms with Crippen LogP contribution in [0.25, 0.3) is 11.1 Å². The highest BCUT2D eigenvalue weighted by Crippen LogP contribution is 2.23. The summed E-state index contributed by atoms with van der Waals surface area (Å²) in [5.74, 6) is -0.575. The van der Waals surface area contributed by atoms with Gasteiger partial charge in [-0.3, -0.25) is 19.3 Å². The Kier molecular flexibility index (Phi) is 5.45. The Morgan fingerprint density at radius 1 is 0.862 bits per heavy atom. The Morgan fingerprint density at radius 2 is 1.38 bits per heavy atom. The topological polar surface area (TPSA) is 66.9 Å². The minimum Gasteiger partial charge on any atom is -0.362 e. The second-order valence-corrected chi connectivity index (χ2v) is 7.62. The van der Waals surface area contributed by atoms with Crippen molar-refractivity contribution in [2.75, 3.05) is 26.3 Å². The smallest absolute Gasteiger partial charge is 0.255 e. The molecule has 2 aromatic carbocycles. The first-order valence-corrected chi connectivity index (χ1v) is 9.92. The van der Waals surface area contributed by atoms with Crippen LogP contribution in [0.4, 0.5) is 0 Å². The van der Waals surface area contributed by atoms with Gasteiger partial charge in [0.25, 0.3) is 17.7 Å². The van der Waals surface area contributed by atoms with Crippen molar-refractivity contribution in [3.05, 3.63) is 59.7 Å². The number of carbonyl (C=O) groups excluding carboxylic acids is 3. The Morgan fingerprint density at radius 3 is 1.93 bits per heavy atom. The minimum absolute atomic E-state index is 0.0152. The number of morpholine rings is 1. The molecule has 3 amide bonds. The molecule has 29 heavy (non-hydrogen) atoms. The predicted octanol–water partition coefficient (Wildman–Crippen LogP) is 2.65. The van der Waals surface area contributed by atoms with Gasteiger partial charge in [0.2, 0.25) is 0 Å². The first-order chi connectivity index (χ1) is 14.0. The van der Waals surface area contributed by atoms with E-state index >= 15 is 0 Å². The average Bonchev–Trinajstić information content (AvgIpc) is 2.74. The number of imide groups is 1. The molecule has 2 aromatic rings. The number of nitrogens with zero attached hydrogens (tertiary/aromatic N) is 2. The average molecular weight is 392 g/mol. The number of aryl methyl sites for hydroxylation is 1. The van der Waals surface area contributed by atoms with Crippen LogP contribution >= 0.6 is 0 Å². The lowest BCUT2D eigenvalue weighted by Crippen LogP contribution is -2.55. The molecule has 0 aromatic heterocycles. The molecule has 0 spiro atoms. The third-order valence-electron chi connectivity index (χ3n) is 5.62. The van der Waals surface area contributed by atoms with Gasteiger partial charge in [0.05, 0.1) is 0 Å². The van der Waals surface area contributed by atoms with E-state index in [0.717, 1.165) is 11.1 Å². The van der Waals surface area contributed by atoms with Crippen LogP contribution in [0.3, 0.4) is 0 Å². The molecule has 0 N–H and O–H groups in total. The molecular formula is C23H24N2O4. The molecule has 2 fully saturated rings. The molecule has 0 bridgehead atoms. The second-order valence-electron chi connectivity index (χ2n) is 7.62. The van der Waals surface area contributed by atoms with E-state index < -0.39 is 0 Å². The summed E-state index contributed by atoms with van der Waals surface area (Å²) >= 11 is 0. The SMILES string of the molecule is Cc1ccc(-c2ccc(C(=O)N3CCC(N4C(=O)COCC4=O)CC3)cc2)cc1. The van der Waals surface area contributed by atoms with Crippen LogP contribution in [0, 0.1) is 6.92 Å². The number of carbonyl (C=O) groups is 3. The maximum absolute atomic E-state index is 12.9. The van der Waals surface area contributed by atoms with E-state index in [-0.39, 0.29) is 37.0 Å². The fraction of sp³-hybridized carbons (Fsp3) is 0.348. The lowest BCUT2D eigenvalue weighted by atomic mass is 10.00.